The van der Waals surface area contributed by atoms with Crippen molar-refractivity contribution in [2.24, 2.45) is 5.73 Å². The van der Waals surface area contributed by atoms with Crippen molar-refractivity contribution in [3.63, 3.8) is 0 Å². The maximum absolute atomic E-state index is 11.3. The Morgan fingerprint density at radius 3 is 2.88 bits per heavy atom. The fraction of sp³-hybridized carbons (Fsp3) is 0.300. The van der Waals surface area contributed by atoms with E-state index in [9.17, 15) is 9.59 Å². The van der Waals surface area contributed by atoms with Gasteiger partial charge in [-0.15, -0.1) is 0 Å². The second kappa shape index (κ2) is 5.82. The average Bonchev–Trinajstić information content (AvgIpc) is 2.27. The first-order chi connectivity index (χ1) is 7.59. The lowest BCUT2D eigenvalue weighted by Crippen LogP contribution is -2.43. The Morgan fingerprint density at radius 1 is 1.56 bits per heavy atom. The predicted octanol–water partition coefficient (Wildman–Crippen LogP) is -0.848. The number of hydrogen-bond donors (Lipinski definition) is 3. The molecule has 1 rings (SSSR count). The monoisotopic (exact) mass is 223 g/mol. The molecule has 0 radical (unpaired) electrons. The zero-order valence-electron chi connectivity index (χ0n) is 8.59. The molecule has 0 unspecified atom stereocenters. The van der Waals surface area contributed by atoms with Crippen molar-refractivity contribution in [1.82, 2.24) is 10.3 Å². The summed E-state index contributed by atoms with van der Waals surface area (Å²) in [5, 5.41) is 10.6. The maximum Gasteiger partial charge on any atom is 0.322 e. The topological polar surface area (TPSA) is 105 Å². The van der Waals surface area contributed by atoms with Crippen LogP contribution in [0.2, 0.25) is 0 Å². The van der Waals surface area contributed by atoms with Crippen LogP contribution in [0.4, 0.5) is 0 Å². The van der Waals surface area contributed by atoms with Gasteiger partial charge in [0, 0.05) is 12.4 Å². The van der Waals surface area contributed by atoms with Crippen LogP contribution in [0.25, 0.3) is 0 Å². The molecular formula is C10H13N3O3. The number of nitrogens with two attached hydrogens (primary N) is 1. The van der Waals surface area contributed by atoms with Gasteiger partial charge in [-0.05, 0) is 18.1 Å². The van der Waals surface area contributed by atoms with Gasteiger partial charge in [0.05, 0.1) is 6.04 Å². The van der Waals surface area contributed by atoms with Gasteiger partial charge < -0.3 is 16.2 Å². The zero-order valence-corrected chi connectivity index (χ0v) is 8.59. The first kappa shape index (κ1) is 12.1. The van der Waals surface area contributed by atoms with Crippen LogP contribution in [0.1, 0.15) is 5.56 Å². The first-order valence-electron chi connectivity index (χ1n) is 4.73. The summed E-state index contributed by atoms with van der Waals surface area (Å²) in [5.74, 6) is -1.58. The fourth-order valence-corrected chi connectivity index (χ4v) is 1.16. The maximum atomic E-state index is 11.3. The first-order valence-corrected chi connectivity index (χ1v) is 4.73. The Hall–Kier alpha value is -1.95. The number of rotatable bonds is 5. The minimum atomic E-state index is -1.10. The number of aliphatic carboxylic acids is 1. The zero-order chi connectivity index (χ0) is 12.0. The largest absolute Gasteiger partial charge is 0.480 e. The summed E-state index contributed by atoms with van der Waals surface area (Å²) in [6.07, 6.45) is 3.57. The molecule has 0 saturated carbocycles. The number of hydrogen-bond acceptors (Lipinski definition) is 4. The summed E-state index contributed by atoms with van der Waals surface area (Å²) >= 11 is 0. The highest BCUT2D eigenvalue weighted by atomic mass is 16.4. The summed E-state index contributed by atoms with van der Waals surface area (Å²) in [7, 11) is 0. The Bertz CT molecular complexity index is 367. The third-order valence-corrected chi connectivity index (χ3v) is 1.93. The second-order valence-electron chi connectivity index (χ2n) is 3.28. The molecule has 1 aromatic rings. The number of carboxylic acid groups (broad SMARTS) is 1. The Balaban J connectivity index is 2.43. The number of carbonyl (C=O) groups is 2. The summed E-state index contributed by atoms with van der Waals surface area (Å²) in [6, 6.07) is 2.79. The van der Waals surface area contributed by atoms with Gasteiger partial charge in [0.25, 0.3) is 0 Å². The lowest BCUT2D eigenvalue weighted by molar-refractivity contribution is -0.138. The van der Waals surface area contributed by atoms with Crippen LogP contribution in [-0.4, -0.2) is 34.6 Å². The molecule has 0 saturated heterocycles. The molecule has 6 nitrogen and oxygen atoms in total. The molecule has 0 fully saturated rings. The van der Waals surface area contributed by atoms with Gasteiger partial charge in [-0.3, -0.25) is 14.6 Å². The van der Waals surface area contributed by atoms with E-state index >= 15 is 0 Å². The van der Waals surface area contributed by atoms with E-state index in [0.717, 1.165) is 5.56 Å². The van der Waals surface area contributed by atoms with E-state index in [0.29, 0.717) is 6.42 Å². The van der Waals surface area contributed by atoms with Crippen molar-refractivity contribution in [1.29, 1.82) is 0 Å². The third kappa shape index (κ3) is 4.05. The van der Waals surface area contributed by atoms with E-state index in [1.54, 1.807) is 24.5 Å². The minimum absolute atomic E-state index is 0.333. The molecular weight excluding hydrogens is 210 g/mol. The second-order valence-corrected chi connectivity index (χ2v) is 3.28. The molecule has 86 valence electrons. The van der Waals surface area contributed by atoms with Gasteiger partial charge in [0.1, 0.15) is 6.54 Å². The van der Waals surface area contributed by atoms with Gasteiger partial charge in [-0.25, -0.2) is 0 Å². The molecule has 1 heterocycles. The normalized spacial score (nSPS) is 11.8. The molecule has 4 N–H and O–H groups in total. The molecule has 1 aromatic heterocycles. The molecule has 0 spiro atoms. The Kier molecular flexibility index (Phi) is 4.41. The number of amides is 1. The number of carbonyl (C=O) groups excluding carboxylic acids is 1. The van der Waals surface area contributed by atoms with Crippen molar-refractivity contribution in [2.45, 2.75) is 12.5 Å². The number of nitrogens with one attached hydrogen (secondary N) is 1. The lowest BCUT2D eigenvalue weighted by atomic mass is 10.1. The fourth-order valence-electron chi connectivity index (χ4n) is 1.16. The van der Waals surface area contributed by atoms with Gasteiger partial charge >= 0.3 is 5.97 Å². The molecule has 16 heavy (non-hydrogen) atoms. The van der Waals surface area contributed by atoms with Crippen molar-refractivity contribution in [3.05, 3.63) is 30.1 Å². The van der Waals surface area contributed by atoms with E-state index in [2.05, 4.69) is 10.3 Å². The Labute approximate surface area is 92.5 Å². The van der Waals surface area contributed by atoms with E-state index < -0.39 is 24.5 Å². The van der Waals surface area contributed by atoms with Gasteiger partial charge in [-0.1, -0.05) is 6.07 Å². The smallest absolute Gasteiger partial charge is 0.322 e. The van der Waals surface area contributed by atoms with E-state index in [1.165, 1.54) is 0 Å². The minimum Gasteiger partial charge on any atom is -0.480 e. The number of pyridine rings is 1. The van der Waals surface area contributed by atoms with Crippen LogP contribution in [0.3, 0.4) is 0 Å². The molecule has 1 amide bonds. The van der Waals surface area contributed by atoms with Crippen molar-refractivity contribution >= 4 is 11.9 Å². The van der Waals surface area contributed by atoms with Crippen LogP contribution < -0.4 is 11.1 Å². The number of aromatic nitrogens is 1. The lowest BCUT2D eigenvalue weighted by Gasteiger charge is -2.10. The SMILES string of the molecule is N[C@@H](Cc1cccnc1)C(=O)NCC(=O)O. The van der Waals surface area contributed by atoms with Crippen molar-refractivity contribution in [3.8, 4) is 0 Å². The molecule has 0 aliphatic rings. The highest BCUT2D eigenvalue weighted by Crippen LogP contribution is 1.99. The number of nitrogens with zero attached hydrogens (tertiary/aromatic N) is 1. The standard InChI is InChI=1S/C10H13N3O3/c11-8(10(16)13-6-9(14)15)4-7-2-1-3-12-5-7/h1-3,5,8H,4,6,11H2,(H,13,16)(H,14,15)/t8-/m0/s1. The molecule has 1 atom stereocenters. The highest BCUT2D eigenvalue weighted by Gasteiger charge is 2.14. The van der Waals surface area contributed by atoms with Gasteiger partial charge in [-0.2, -0.15) is 0 Å². The number of carboxylic acids is 1. The van der Waals surface area contributed by atoms with Crippen LogP contribution >= 0.6 is 0 Å². The van der Waals surface area contributed by atoms with Crippen LogP contribution in [-0.2, 0) is 16.0 Å². The van der Waals surface area contributed by atoms with E-state index in [4.69, 9.17) is 10.8 Å². The molecule has 6 heteroatoms. The molecule has 0 aliphatic carbocycles. The average molecular weight is 223 g/mol. The van der Waals surface area contributed by atoms with E-state index in [1.807, 2.05) is 0 Å². The molecule has 0 bridgehead atoms. The third-order valence-electron chi connectivity index (χ3n) is 1.93. The van der Waals surface area contributed by atoms with Crippen molar-refractivity contribution < 1.29 is 14.7 Å². The van der Waals surface area contributed by atoms with Crippen LogP contribution in [0.5, 0.6) is 0 Å². The van der Waals surface area contributed by atoms with Gasteiger partial charge in [0.2, 0.25) is 5.91 Å². The van der Waals surface area contributed by atoms with Crippen molar-refractivity contribution in [2.75, 3.05) is 6.54 Å². The van der Waals surface area contributed by atoms with Crippen LogP contribution in [0, 0.1) is 0 Å². The summed E-state index contributed by atoms with van der Waals surface area (Å²) in [4.78, 5) is 25.4. The quantitative estimate of drug-likeness (QED) is 0.603. The van der Waals surface area contributed by atoms with Gasteiger partial charge in [0.15, 0.2) is 0 Å². The molecule has 0 aromatic carbocycles. The summed E-state index contributed by atoms with van der Waals surface area (Å²) in [5.41, 5.74) is 6.44. The van der Waals surface area contributed by atoms with E-state index in [-0.39, 0.29) is 0 Å². The van der Waals surface area contributed by atoms with Crippen LogP contribution in [0.15, 0.2) is 24.5 Å². The predicted molar refractivity (Wildman–Crippen MR) is 56.6 cm³/mol. The Morgan fingerprint density at radius 2 is 2.31 bits per heavy atom. The molecule has 0 aliphatic heterocycles. The highest BCUT2D eigenvalue weighted by molar-refractivity contribution is 5.85. The summed E-state index contributed by atoms with van der Waals surface area (Å²) in [6.45, 7) is -0.417. The summed E-state index contributed by atoms with van der Waals surface area (Å²) < 4.78 is 0.